The molecular weight excluding hydrogens is 238 g/mol. The van der Waals surface area contributed by atoms with Crippen LogP contribution in [0.15, 0.2) is 21.2 Å². The van der Waals surface area contributed by atoms with Gasteiger partial charge in [0.1, 0.15) is 5.39 Å². The highest BCUT2D eigenvalue weighted by atomic mass is 16.6. The van der Waals surface area contributed by atoms with Crippen molar-refractivity contribution in [3.05, 3.63) is 33.8 Å². The maximum atomic E-state index is 11.0. The molecule has 1 N–H and O–H groups in total. The van der Waals surface area contributed by atoms with Gasteiger partial charge in [-0.1, -0.05) is 0 Å². The molecule has 6 heteroatoms. The molecule has 0 unspecified atom stereocenters. The summed E-state index contributed by atoms with van der Waals surface area (Å²) < 4.78 is 10.7. The SMILES string of the molecule is Cc1oc2c(cc(O)c3occ(C)c32)c1[N+](=O)[O-]. The molecule has 0 bridgehead atoms. The molecule has 3 rings (SSSR count). The number of hydrogen-bond acceptors (Lipinski definition) is 5. The van der Waals surface area contributed by atoms with Crippen LogP contribution in [0.25, 0.3) is 21.9 Å². The van der Waals surface area contributed by atoms with Crippen LogP contribution < -0.4 is 0 Å². The van der Waals surface area contributed by atoms with E-state index in [2.05, 4.69) is 0 Å². The van der Waals surface area contributed by atoms with Crippen LogP contribution in [0, 0.1) is 24.0 Å². The minimum Gasteiger partial charge on any atom is -0.504 e. The normalized spacial score (nSPS) is 11.4. The Labute approximate surface area is 101 Å². The lowest BCUT2D eigenvalue weighted by Crippen LogP contribution is -1.87. The predicted octanol–water partition coefficient (Wildman–Crippen LogP) is 3.41. The second-order valence-corrected chi connectivity index (χ2v) is 4.16. The third-order valence-corrected chi connectivity index (χ3v) is 2.99. The number of phenolic OH excluding ortho intramolecular Hbond substituents is 1. The van der Waals surface area contributed by atoms with Gasteiger partial charge in [0.2, 0.25) is 0 Å². The van der Waals surface area contributed by atoms with Gasteiger partial charge in [-0.05, 0) is 12.5 Å². The van der Waals surface area contributed by atoms with E-state index in [-0.39, 0.29) is 28.2 Å². The van der Waals surface area contributed by atoms with E-state index in [1.807, 2.05) is 0 Å². The standard InChI is InChI=1S/C12H9NO5/c1-5-4-17-12-8(14)3-7-10(13(15)16)6(2)18-11(7)9(5)12/h3-4,14H,1-2H3. The average molecular weight is 247 g/mol. The molecule has 2 aromatic heterocycles. The first-order valence-corrected chi connectivity index (χ1v) is 5.28. The molecule has 0 aliphatic carbocycles. The number of furan rings is 2. The van der Waals surface area contributed by atoms with Crippen molar-refractivity contribution in [1.29, 1.82) is 0 Å². The molecule has 0 aliphatic rings. The highest BCUT2D eigenvalue weighted by Crippen LogP contribution is 2.42. The highest BCUT2D eigenvalue weighted by molar-refractivity contribution is 6.10. The Morgan fingerprint density at radius 1 is 1.33 bits per heavy atom. The number of nitrogens with zero attached hydrogens (tertiary/aromatic N) is 1. The third-order valence-electron chi connectivity index (χ3n) is 2.99. The van der Waals surface area contributed by atoms with Gasteiger partial charge < -0.3 is 13.9 Å². The minimum atomic E-state index is -0.512. The largest absolute Gasteiger partial charge is 0.504 e. The van der Waals surface area contributed by atoms with Crippen molar-refractivity contribution in [2.45, 2.75) is 13.8 Å². The summed E-state index contributed by atoms with van der Waals surface area (Å²) in [5.74, 6) is 0.0806. The number of aromatic hydroxyl groups is 1. The molecule has 0 amide bonds. The maximum Gasteiger partial charge on any atom is 0.318 e. The maximum absolute atomic E-state index is 11.0. The molecule has 92 valence electrons. The topological polar surface area (TPSA) is 89.7 Å². The van der Waals surface area contributed by atoms with Gasteiger partial charge in [0, 0.05) is 13.0 Å². The highest BCUT2D eigenvalue weighted by Gasteiger charge is 2.26. The summed E-state index contributed by atoms with van der Waals surface area (Å²) in [6.07, 6.45) is 1.48. The number of aryl methyl sites for hydroxylation is 2. The molecule has 6 nitrogen and oxygen atoms in total. The zero-order valence-corrected chi connectivity index (χ0v) is 9.68. The molecule has 0 atom stereocenters. The Bertz CT molecular complexity index is 796. The number of benzene rings is 1. The number of phenols is 1. The average Bonchev–Trinajstić information content (AvgIpc) is 2.79. The van der Waals surface area contributed by atoms with Crippen LogP contribution in [-0.4, -0.2) is 10.0 Å². The van der Waals surface area contributed by atoms with Crippen LogP contribution in [-0.2, 0) is 0 Å². The molecule has 0 saturated heterocycles. The lowest BCUT2D eigenvalue weighted by Gasteiger charge is -1.95. The van der Waals surface area contributed by atoms with E-state index in [1.54, 1.807) is 6.92 Å². The van der Waals surface area contributed by atoms with E-state index < -0.39 is 4.92 Å². The van der Waals surface area contributed by atoms with Crippen LogP contribution in [0.5, 0.6) is 5.75 Å². The van der Waals surface area contributed by atoms with E-state index in [0.29, 0.717) is 11.0 Å². The third kappa shape index (κ3) is 1.17. The van der Waals surface area contributed by atoms with Crippen LogP contribution >= 0.6 is 0 Å². The monoisotopic (exact) mass is 247 g/mol. The number of rotatable bonds is 1. The first-order chi connectivity index (χ1) is 8.50. The first kappa shape index (κ1) is 10.6. The predicted molar refractivity (Wildman–Crippen MR) is 63.8 cm³/mol. The zero-order valence-electron chi connectivity index (χ0n) is 9.68. The van der Waals surface area contributed by atoms with Gasteiger partial charge in [0.15, 0.2) is 22.7 Å². The molecule has 2 heterocycles. The van der Waals surface area contributed by atoms with E-state index in [0.717, 1.165) is 5.56 Å². The quantitative estimate of drug-likeness (QED) is 0.525. The molecule has 0 aliphatic heterocycles. The molecule has 3 aromatic rings. The minimum absolute atomic E-state index is 0.122. The Balaban J connectivity index is 2.61. The van der Waals surface area contributed by atoms with E-state index in [4.69, 9.17) is 8.83 Å². The molecule has 0 fully saturated rings. The van der Waals surface area contributed by atoms with E-state index in [1.165, 1.54) is 19.3 Å². The van der Waals surface area contributed by atoms with Crippen LogP contribution in [0.1, 0.15) is 11.3 Å². The Morgan fingerprint density at radius 3 is 2.72 bits per heavy atom. The zero-order chi connectivity index (χ0) is 13.0. The molecule has 0 radical (unpaired) electrons. The number of nitro groups is 1. The fourth-order valence-corrected chi connectivity index (χ4v) is 2.22. The van der Waals surface area contributed by atoms with Crippen LogP contribution in [0.3, 0.4) is 0 Å². The molecule has 1 aromatic carbocycles. The summed E-state index contributed by atoms with van der Waals surface area (Å²) >= 11 is 0. The Morgan fingerprint density at radius 2 is 2.06 bits per heavy atom. The van der Waals surface area contributed by atoms with Gasteiger partial charge in [-0.15, -0.1) is 0 Å². The van der Waals surface area contributed by atoms with Crippen molar-refractivity contribution < 1.29 is 18.9 Å². The second kappa shape index (κ2) is 3.25. The number of fused-ring (bicyclic) bond motifs is 3. The Hall–Kier alpha value is -2.50. The van der Waals surface area contributed by atoms with Gasteiger partial charge in [-0.2, -0.15) is 0 Å². The summed E-state index contributed by atoms with van der Waals surface area (Å²) in [5.41, 5.74) is 1.29. The van der Waals surface area contributed by atoms with Crippen molar-refractivity contribution in [2.24, 2.45) is 0 Å². The van der Waals surface area contributed by atoms with Gasteiger partial charge in [0.25, 0.3) is 0 Å². The van der Waals surface area contributed by atoms with Crippen molar-refractivity contribution in [1.82, 2.24) is 0 Å². The second-order valence-electron chi connectivity index (χ2n) is 4.16. The number of hydrogen-bond donors (Lipinski definition) is 1. The van der Waals surface area contributed by atoms with Gasteiger partial charge in [0.05, 0.1) is 16.6 Å². The summed E-state index contributed by atoms with van der Waals surface area (Å²) in [6, 6.07) is 1.30. The fourth-order valence-electron chi connectivity index (χ4n) is 2.22. The van der Waals surface area contributed by atoms with E-state index in [9.17, 15) is 15.2 Å². The summed E-state index contributed by atoms with van der Waals surface area (Å²) in [5, 5.41) is 21.7. The van der Waals surface area contributed by atoms with Crippen LogP contribution in [0.4, 0.5) is 5.69 Å². The smallest absolute Gasteiger partial charge is 0.318 e. The van der Waals surface area contributed by atoms with Crippen LogP contribution in [0.2, 0.25) is 0 Å². The summed E-state index contributed by atoms with van der Waals surface area (Å²) in [6.45, 7) is 3.31. The van der Waals surface area contributed by atoms with Gasteiger partial charge in [-0.25, -0.2) is 0 Å². The van der Waals surface area contributed by atoms with Crippen molar-refractivity contribution in [3.8, 4) is 5.75 Å². The van der Waals surface area contributed by atoms with E-state index >= 15 is 0 Å². The molecule has 0 saturated carbocycles. The molecule has 18 heavy (non-hydrogen) atoms. The summed E-state index contributed by atoms with van der Waals surface area (Å²) in [4.78, 5) is 10.5. The Kier molecular flexibility index (Phi) is 1.92. The lowest BCUT2D eigenvalue weighted by atomic mass is 10.1. The van der Waals surface area contributed by atoms with Crippen molar-refractivity contribution in [3.63, 3.8) is 0 Å². The molecular formula is C12H9NO5. The lowest BCUT2D eigenvalue weighted by molar-refractivity contribution is -0.384. The van der Waals surface area contributed by atoms with Gasteiger partial charge >= 0.3 is 5.69 Å². The van der Waals surface area contributed by atoms with Gasteiger partial charge in [-0.3, -0.25) is 10.1 Å². The van der Waals surface area contributed by atoms with Crippen molar-refractivity contribution >= 4 is 27.6 Å². The first-order valence-electron chi connectivity index (χ1n) is 5.28. The molecule has 0 spiro atoms. The fraction of sp³-hybridized carbons (Fsp3) is 0.167. The van der Waals surface area contributed by atoms with Crippen molar-refractivity contribution in [2.75, 3.05) is 0 Å². The summed E-state index contributed by atoms with van der Waals surface area (Å²) in [7, 11) is 0.